The Morgan fingerprint density at radius 2 is 2.05 bits per heavy atom. The van der Waals surface area contributed by atoms with Gasteiger partial charge in [-0.15, -0.1) is 5.10 Å². The molecule has 4 rings (SSSR count). The summed E-state index contributed by atoms with van der Waals surface area (Å²) < 4.78 is 1.89. The van der Waals surface area contributed by atoms with Crippen LogP contribution in [0.15, 0.2) is 42.5 Å². The van der Waals surface area contributed by atoms with Gasteiger partial charge in [-0.05, 0) is 48.2 Å². The maximum absolute atomic E-state index is 6.07. The fraction of sp³-hybridized carbons (Fsp3) is 0.200. The second-order valence-corrected chi connectivity index (χ2v) is 5.02. The topological polar surface area (TPSA) is 56.7 Å². The number of para-hydroxylation sites is 1. The third-order valence-electron chi connectivity index (χ3n) is 3.85. The Morgan fingerprint density at radius 1 is 1.16 bits per heavy atom. The molecule has 0 fully saturated rings. The first-order chi connectivity index (χ1) is 9.33. The third-order valence-corrected chi connectivity index (χ3v) is 3.85. The van der Waals surface area contributed by atoms with E-state index in [1.807, 2.05) is 28.9 Å². The van der Waals surface area contributed by atoms with Gasteiger partial charge < -0.3 is 5.73 Å². The SMILES string of the molecule is NC1CCc2cc(-n3nnc4ccccc43)ccc21. The van der Waals surface area contributed by atoms with Gasteiger partial charge in [-0.3, -0.25) is 0 Å². The van der Waals surface area contributed by atoms with Gasteiger partial charge in [0.25, 0.3) is 0 Å². The molecule has 0 bridgehead atoms. The highest BCUT2D eigenvalue weighted by molar-refractivity contribution is 5.76. The van der Waals surface area contributed by atoms with E-state index in [-0.39, 0.29) is 6.04 Å². The van der Waals surface area contributed by atoms with Crippen molar-refractivity contribution in [1.29, 1.82) is 0 Å². The monoisotopic (exact) mass is 250 g/mol. The molecule has 0 saturated heterocycles. The zero-order valence-electron chi connectivity index (χ0n) is 10.5. The van der Waals surface area contributed by atoms with Crippen LogP contribution in [0.5, 0.6) is 0 Å². The molecule has 94 valence electrons. The van der Waals surface area contributed by atoms with Crippen molar-refractivity contribution in [2.24, 2.45) is 5.73 Å². The number of rotatable bonds is 1. The molecule has 4 heteroatoms. The zero-order valence-corrected chi connectivity index (χ0v) is 10.5. The number of benzene rings is 2. The summed E-state index contributed by atoms with van der Waals surface area (Å²) in [4.78, 5) is 0. The minimum atomic E-state index is 0.191. The molecule has 2 N–H and O–H groups in total. The van der Waals surface area contributed by atoms with E-state index >= 15 is 0 Å². The molecule has 1 atom stereocenters. The number of nitrogens with two attached hydrogens (primary N) is 1. The second-order valence-electron chi connectivity index (χ2n) is 5.02. The van der Waals surface area contributed by atoms with Crippen LogP contribution in [0.3, 0.4) is 0 Å². The van der Waals surface area contributed by atoms with Crippen molar-refractivity contribution in [3.8, 4) is 5.69 Å². The molecule has 1 aliphatic carbocycles. The van der Waals surface area contributed by atoms with E-state index in [0.717, 1.165) is 29.6 Å². The van der Waals surface area contributed by atoms with Crippen LogP contribution in [0.1, 0.15) is 23.6 Å². The van der Waals surface area contributed by atoms with Gasteiger partial charge in [-0.25, -0.2) is 4.68 Å². The largest absolute Gasteiger partial charge is 0.324 e. The summed E-state index contributed by atoms with van der Waals surface area (Å²) >= 11 is 0. The molecular weight excluding hydrogens is 236 g/mol. The van der Waals surface area contributed by atoms with Crippen molar-refractivity contribution < 1.29 is 0 Å². The fourth-order valence-electron chi connectivity index (χ4n) is 2.83. The van der Waals surface area contributed by atoms with Gasteiger partial charge in [0.15, 0.2) is 0 Å². The van der Waals surface area contributed by atoms with Gasteiger partial charge in [0.1, 0.15) is 5.52 Å². The van der Waals surface area contributed by atoms with Crippen LogP contribution in [0.4, 0.5) is 0 Å². The van der Waals surface area contributed by atoms with Crippen LogP contribution in [-0.2, 0) is 6.42 Å². The fourth-order valence-corrected chi connectivity index (χ4v) is 2.83. The first-order valence-corrected chi connectivity index (χ1v) is 6.52. The predicted octanol–water partition coefficient (Wildman–Crippen LogP) is 2.37. The lowest BCUT2D eigenvalue weighted by Crippen LogP contribution is -2.05. The van der Waals surface area contributed by atoms with Crippen LogP contribution in [0, 0.1) is 0 Å². The molecule has 1 aromatic heterocycles. The van der Waals surface area contributed by atoms with Crippen molar-refractivity contribution in [2.45, 2.75) is 18.9 Å². The molecule has 0 aliphatic heterocycles. The van der Waals surface area contributed by atoms with E-state index in [9.17, 15) is 0 Å². The molecule has 1 aliphatic rings. The van der Waals surface area contributed by atoms with Crippen LogP contribution >= 0.6 is 0 Å². The minimum Gasteiger partial charge on any atom is -0.324 e. The van der Waals surface area contributed by atoms with Crippen molar-refractivity contribution in [3.63, 3.8) is 0 Å². The van der Waals surface area contributed by atoms with E-state index in [1.54, 1.807) is 0 Å². The lowest BCUT2D eigenvalue weighted by Gasteiger charge is -2.07. The summed E-state index contributed by atoms with van der Waals surface area (Å²) in [6.45, 7) is 0. The minimum absolute atomic E-state index is 0.191. The molecule has 0 spiro atoms. The number of hydrogen-bond acceptors (Lipinski definition) is 3. The summed E-state index contributed by atoms with van der Waals surface area (Å²) in [5, 5.41) is 8.44. The van der Waals surface area contributed by atoms with Gasteiger partial charge in [-0.2, -0.15) is 0 Å². The maximum atomic E-state index is 6.07. The molecule has 0 amide bonds. The maximum Gasteiger partial charge on any atom is 0.113 e. The molecular formula is C15H14N4. The summed E-state index contributed by atoms with van der Waals surface area (Å²) in [7, 11) is 0. The lowest BCUT2D eigenvalue weighted by atomic mass is 10.1. The van der Waals surface area contributed by atoms with Gasteiger partial charge in [-0.1, -0.05) is 23.4 Å². The van der Waals surface area contributed by atoms with E-state index < -0.39 is 0 Å². The summed E-state index contributed by atoms with van der Waals surface area (Å²) in [5.74, 6) is 0. The first kappa shape index (κ1) is 10.7. The number of fused-ring (bicyclic) bond motifs is 2. The Bertz CT molecular complexity index is 760. The Kier molecular flexibility index (Phi) is 2.19. The molecule has 19 heavy (non-hydrogen) atoms. The first-order valence-electron chi connectivity index (χ1n) is 6.52. The number of aryl methyl sites for hydroxylation is 1. The second kappa shape index (κ2) is 3.90. The molecule has 4 nitrogen and oxygen atoms in total. The Labute approximate surface area is 110 Å². The Hall–Kier alpha value is -2.20. The predicted molar refractivity (Wildman–Crippen MR) is 74.1 cm³/mol. The average molecular weight is 250 g/mol. The summed E-state index contributed by atoms with van der Waals surface area (Å²) in [6.07, 6.45) is 2.09. The van der Waals surface area contributed by atoms with Crippen LogP contribution < -0.4 is 5.73 Å². The molecule has 3 aromatic rings. The smallest absolute Gasteiger partial charge is 0.113 e. The summed E-state index contributed by atoms with van der Waals surface area (Å²) in [5.41, 5.74) is 11.7. The van der Waals surface area contributed by atoms with Crippen LogP contribution in [0.2, 0.25) is 0 Å². The van der Waals surface area contributed by atoms with Gasteiger partial charge >= 0.3 is 0 Å². The highest BCUT2D eigenvalue weighted by Crippen LogP contribution is 2.31. The van der Waals surface area contributed by atoms with Crippen molar-refractivity contribution in [2.75, 3.05) is 0 Å². The number of aromatic nitrogens is 3. The highest BCUT2D eigenvalue weighted by atomic mass is 15.4. The molecule has 2 aromatic carbocycles. The highest BCUT2D eigenvalue weighted by Gasteiger charge is 2.19. The Morgan fingerprint density at radius 3 is 3.00 bits per heavy atom. The van der Waals surface area contributed by atoms with E-state index in [2.05, 4.69) is 28.5 Å². The zero-order chi connectivity index (χ0) is 12.8. The molecule has 1 unspecified atom stereocenters. The Balaban J connectivity index is 1.89. The molecule has 1 heterocycles. The van der Waals surface area contributed by atoms with Gasteiger partial charge in [0.05, 0.1) is 11.2 Å². The third kappa shape index (κ3) is 1.57. The normalized spacial score (nSPS) is 17.8. The van der Waals surface area contributed by atoms with Gasteiger partial charge in [0.2, 0.25) is 0 Å². The van der Waals surface area contributed by atoms with Crippen LogP contribution in [0.25, 0.3) is 16.7 Å². The summed E-state index contributed by atoms with van der Waals surface area (Å²) in [6, 6.07) is 14.6. The van der Waals surface area contributed by atoms with Gasteiger partial charge in [0, 0.05) is 6.04 Å². The van der Waals surface area contributed by atoms with Crippen molar-refractivity contribution in [1.82, 2.24) is 15.0 Å². The standard InChI is InChI=1S/C15H14N4/c16-13-8-5-10-9-11(6-7-12(10)13)19-15-4-2-1-3-14(15)17-18-19/h1-4,6-7,9,13H,5,8,16H2. The average Bonchev–Trinajstić information content (AvgIpc) is 3.03. The number of nitrogens with zero attached hydrogens (tertiary/aromatic N) is 3. The van der Waals surface area contributed by atoms with E-state index in [1.165, 1.54) is 11.1 Å². The lowest BCUT2D eigenvalue weighted by molar-refractivity contribution is 0.713. The van der Waals surface area contributed by atoms with E-state index in [4.69, 9.17) is 5.73 Å². The molecule has 0 saturated carbocycles. The quantitative estimate of drug-likeness (QED) is 0.721. The van der Waals surface area contributed by atoms with Crippen molar-refractivity contribution in [3.05, 3.63) is 53.6 Å². The molecule has 0 radical (unpaired) electrons. The van der Waals surface area contributed by atoms with Crippen molar-refractivity contribution >= 4 is 11.0 Å². The van der Waals surface area contributed by atoms with E-state index in [0.29, 0.717) is 0 Å². The number of hydrogen-bond donors (Lipinski definition) is 1. The van der Waals surface area contributed by atoms with Crippen LogP contribution in [-0.4, -0.2) is 15.0 Å².